The summed E-state index contributed by atoms with van der Waals surface area (Å²) in [5, 5.41) is 15.4. The molecule has 2 aromatic rings. The normalized spacial score (nSPS) is 12.1. The van der Waals surface area contributed by atoms with Crippen LogP contribution >= 0.6 is 0 Å². The standard InChI is InChI=1S/C23H27N3O2/c1-6-28-22-11-10-15(2)12-20(22)18(5)26-23(27)19(13-24)14-25-21-9-7-8-16(3)17(21)4/h7-12,14,18,25H,6H2,1-5H3,(H,26,27)/b19-14-. The largest absolute Gasteiger partial charge is 0.494 e. The molecule has 2 rings (SSSR count). The highest BCUT2D eigenvalue weighted by atomic mass is 16.5. The summed E-state index contributed by atoms with van der Waals surface area (Å²) in [6.07, 6.45) is 1.45. The fourth-order valence-corrected chi connectivity index (χ4v) is 2.85. The average molecular weight is 377 g/mol. The van der Waals surface area contributed by atoms with Gasteiger partial charge in [0.15, 0.2) is 0 Å². The maximum atomic E-state index is 12.6. The van der Waals surface area contributed by atoms with E-state index in [0.717, 1.165) is 33.7 Å². The molecule has 0 aliphatic heterocycles. The summed E-state index contributed by atoms with van der Waals surface area (Å²) in [7, 11) is 0. The molecule has 2 aromatic carbocycles. The first kappa shape index (κ1) is 21.0. The van der Waals surface area contributed by atoms with Crippen LogP contribution in [0.4, 0.5) is 5.69 Å². The van der Waals surface area contributed by atoms with Gasteiger partial charge in [-0.25, -0.2) is 0 Å². The third-order valence-electron chi connectivity index (χ3n) is 4.62. The Morgan fingerprint density at radius 2 is 2.00 bits per heavy atom. The fraction of sp³-hybridized carbons (Fsp3) is 0.304. The second-order valence-corrected chi connectivity index (χ2v) is 6.73. The van der Waals surface area contributed by atoms with E-state index in [-0.39, 0.29) is 11.6 Å². The average Bonchev–Trinajstić information content (AvgIpc) is 2.67. The van der Waals surface area contributed by atoms with Gasteiger partial charge in [-0.15, -0.1) is 0 Å². The third kappa shape index (κ3) is 5.14. The van der Waals surface area contributed by atoms with Crippen LogP contribution in [0.3, 0.4) is 0 Å². The summed E-state index contributed by atoms with van der Waals surface area (Å²) < 4.78 is 5.67. The van der Waals surface area contributed by atoms with E-state index in [0.29, 0.717) is 6.61 Å². The van der Waals surface area contributed by atoms with Gasteiger partial charge < -0.3 is 15.4 Å². The van der Waals surface area contributed by atoms with Crippen LogP contribution in [0.15, 0.2) is 48.2 Å². The van der Waals surface area contributed by atoms with Gasteiger partial charge in [0.1, 0.15) is 17.4 Å². The Morgan fingerprint density at radius 1 is 1.25 bits per heavy atom. The van der Waals surface area contributed by atoms with E-state index in [2.05, 4.69) is 10.6 Å². The van der Waals surface area contributed by atoms with E-state index >= 15 is 0 Å². The van der Waals surface area contributed by atoms with Gasteiger partial charge in [-0.05, 0) is 57.9 Å². The lowest BCUT2D eigenvalue weighted by Crippen LogP contribution is -2.28. The third-order valence-corrected chi connectivity index (χ3v) is 4.62. The number of nitrogens with zero attached hydrogens (tertiary/aromatic N) is 1. The van der Waals surface area contributed by atoms with Gasteiger partial charge in [-0.2, -0.15) is 5.26 Å². The number of carbonyl (C=O) groups is 1. The molecular formula is C23H27N3O2. The Hall–Kier alpha value is -3.26. The summed E-state index contributed by atoms with van der Waals surface area (Å²) in [6, 6.07) is 13.4. The van der Waals surface area contributed by atoms with Crippen molar-refractivity contribution in [2.75, 3.05) is 11.9 Å². The van der Waals surface area contributed by atoms with E-state index in [1.807, 2.05) is 77.1 Å². The zero-order valence-corrected chi connectivity index (χ0v) is 17.1. The predicted molar refractivity (Wildman–Crippen MR) is 112 cm³/mol. The molecule has 1 amide bonds. The van der Waals surface area contributed by atoms with Crippen molar-refractivity contribution < 1.29 is 9.53 Å². The monoisotopic (exact) mass is 377 g/mol. The maximum Gasteiger partial charge on any atom is 0.263 e. The fourth-order valence-electron chi connectivity index (χ4n) is 2.85. The molecule has 0 saturated heterocycles. The number of benzene rings is 2. The minimum Gasteiger partial charge on any atom is -0.494 e. The van der Waals surface area contributed by atoms with Gasteiger partial charge in [-0.1, -0.05) is 29.8 Å². The number of hydrogen-bond acceptors (Lipinski definition) is 4. The Balaban J connectivity index is 2.17. The van der Waals surface area contributed by atoms with Crippen LogP contribution in [0.25, 0.3) is 0 Å². The van der Waals surface area contributed by atoms with E-state index < -0.39 is 5.91 Å². The van der Waals surface area contributed by atoms with Gasteiger partial charge in [-0.3, -0.25) is 4.79 Å². The van der Waals surface area contributed by atoms with Crippen LogP contribution in [0.2, 0.25) is 0 Å². The Labute approximate surface area is 167 Å². The van der Waals surface area contributed by atoms with Crippen molar-refractivity contribution in [3.63, 3.8) is 0 Å². The van der Waals surface area contributed by atoms with Crippen LogP contribution in [-0.4, -0.2) is 12.5 Å². The molecule has 0 bridgehead atoms. The highest BCUT2D eigenvalue weighted by Gasteiger charge is 2.17. The molecule has 5 nitrogen and oxygen atoms in total. The number of nitrogens with one attached hydrogen (secondary N) is 2. The van der Waals surface area contributed by atoms with Crippen LogP contribution in [0.5, 0.6) is 5.75 Å². The van der Waals surface area contributed by atoms with Crippen molar-refractivity contribution in [1.29, 1.82) is 5.26 Å². The van der Waals surface area contributed by atoms with Crippen LogP contribution in [0.1, 0.15) is 42.1 Å². The minimum atomic E-state index is -0.434. The summed E-state index contributed by atoms with van der Waals surface area (Å²) in [5.41, 5.74) is 5.05. The van der Waals surface area contributed by atoms with Crippen LogP contribution in [0, 0.1) is 32.1 Å². The van der Waals surface area contributed by atoms with E-state index in [1.165, 1.54) is 6.20 Å². The number of anilines is 1. The molecule has 0 radical (unpaired) electrons. The van der Waals surface area contributed by atoms with Crippen LogP contribution in [-0.2, 0) is 4.79 Å². The highest BCUT2D eigenvalue weighted by Crippen LogP contribution is 2.26. The molecule has 5 heteroatoms. The molecule has 0 heterocycles. The van der Waals surface area contributed by atoms with Gasteiger partial charge in [0, 0.05) is 17.5 Å². The molecule has 2 N–H and O–H groups in total. The molecular weight excluding hydrogens is 350 g/mol. The van der Waals surface area contributed by atoms with Crippen molar-refractivity contribution in [3.8, 4) is 11.8 Å². The predicted octanol–water partition coefficient (Wildman–Crippen LogP) is 4.71. The van der Waals surface area contributed by atoms with Gasteiger partial charge in [0.2, 0.25) is 0 Å². The Kier molecular flexibility index (Phi) is 7.22. The van der Waals surface area contributed by atoms with Crippen molar-refractivity contribution in [3.05, 3.63) is 70.4 Å². The molecule has 1 unspecified atom stereocenters. The quantitative estimate of drug-likeness (QED) is 0.541. The molecule has 146 valence electrons. The highest BCUT2D eigenvalue weighted by molar-refractivity contribution is 5.97. The number of carbonyl (C=O) groups excluding carboxylic acids is 1. The minimum absolute atomic E-state index is 0.0124. The smallest absolute Gasteiger partial charge is 0.263 e. The Bertz CT molecular complexity index is 926. The maximum absolute atomic E-state index is 12.6. The molecule has 0 aliphatic rings. The molecule has 0 aromatic heterocycles. The number of nitriles is 1. The zero-order chi connectivity index (χ0) is 20.7. The molecule has 1 atom stereocenters. The number of rotatable bonds is 7. The van der Waals surface area contributed by atoms with Crippen molar-refractivity contribution >= 4 is 11.6 Å². The van der Waals surface area contributed by atoms with Crippen LogP contribution < -0.4 is 15.4 Å². The number of ether oxygens (including phenoxy) is 1. The number of hydrogen-bond donors (Lipinski definition) is 2. The SMILES string of the molecule is CCOc1ccc(C)cc1C(C)NC(=O)/C(C#N)=C\Nc1cccc(C)c1C. The van der Waals surface area contributed by atoms with Crippen molar-refractivity contribution in [2.24, 2.45) is 0 Å². The number of amides is 1. The van der Waals surface area contributed by atoms with E-state index in [4.69, 9.17) is 4.74 Å². The number of aryl methyl sites for hydroxylation is 2. The molecule has 0 fully saturated rings. The zero-order valence-electron chi connectivity index (χ0n) is 17.1. The van der Waals surface area contributed by atoms with Gasteiger partial charge in [0.25, 0.3) is 5.91 Å². The molecule has 0 saturated carbocycles. The molecule has 0 spiro atoms. The van der Waals surface area contributed by atoms with E-state index in [1.54, 1.807) is 0 Å². The lowest BCUT2D eigenvalue weighted by atomic mass is 10.0. The summed E-state index contributed by atoms with van der Waals surface area (Å²) in [4.78, 5) is 12.6. The lowest BCUT2D eigenvalue weighted by Gasteiger charge is -2.18. The second kappa shape index (κ2) is 9.61. The summed E-state index contributed by atoms with van der Waals surface area (Å²) in [5.74, 6) is 0.300. The first-order chi connectivity index (χ1) is 13.4. The van der Waals surface area contributed by atoms with Crippen molar-refractivity contribution in [2.45, 2.75) is 40.7 Å². The first-order valence-corrected chi connectivity index (χ1v) is 9.34. The Morgan fingerprint density at radius 3 is 2.68 bits per heavy atom. The lowest BCUT2D eigenvalue weighted by molar-refractivity contribution is -0.117. The summed E-state index contributed by atoms with van der Waals surface area (Å²) in [6.45, 7) is 10.3. The van der Waals surface area contributed by atoms with Gasteiger partial charge >= 0.3 is 0 Å². The molecule has 0 aliphatic carbocycles. The summed E-state index contributed by atoms with van der Waals surface area (Å²) >= 11 is 0. The first-order valence-electron chi connectivity index (χ1n) is 9.34. The topological polar surface area (TPSA) is 74.1 Å². The second-order valence-electron chi connectivity index (χ2n) is 6.73. The van der Waals surface area contributed by atoms with Gasteiger partial charge in [0.05, 0.1) is 12.6 Å². The molecule has 28 heavy (non-hydrogen) atoms. The van der Waals surface area contributed by atoms with E-state index in [9.17, 15) is 10.1 Å². The van der Waals surface area contributed by atoms with Crippen molar-refractivity contribution in [1.82, 2.24) is 5.32 Å².